The number of carbonyl (C=O) groups is 1. The summed E-state index contributed by atoms with van der Waals surface area (Å²) >= 11 is 7.47. The molecule has 0 atom stereocenters. The van der Waals surface area contributed by atoms with Crippen molar-refractivity contribution in [2.45, 2.75) is 6.54 Å². The number of rotatable bonds is 7. The molecule has 2 aromatic rings. The fourth-order valence-electron chi connectivity index (χ4n) is 1.95. The molecule has 1 heterocycles. The van der Waals surface area contributed by atoms with Crippen molar-refractivity contribution >= 4 is 34.5 Å². The third-order valence-electron chi connectivity index (χ3n) is 2.82. The Bertz CT molecular complexity index is 597. The van der Waals surface area contributed by atoms with Gasteiger partial charge in [-0.05, 0) is 24.3 Å². The summed E-state index contributed by atoms with van der Waals surface area (Å²) in [5.41, 5.74) is 0.806. The van der Waals surface area contributed by atoms with Crippen LogP contribution in [-0.4, -0.2) is 23.9 Å². The van der Waals surface area contributed by atoms with E-state index in [1.54, 1.807) is 6.08 Å². The van der Waals surface area contributed by atoms with E-state index < -0.39 is 0 Å². The number of hydrogen-bond acceptors (Lipinski definition) is 3. The molecule has 0 aliphatic rings. The molecule has 0 bridgehead atoms. The average Bonchev–Trinajstić information content (AvgIpc) is 2.85. The van der Waals surface area contributed by atoms with Crippen LogP contribution >= 0.6 is 22.9 Å². The fraction of sp³-hybridized carbons (Fsp3) is 0.188. The molecular formula is C16H17ClN2OS. The number of amides is 1. The van der Waals surface area contributed by atoms with Gasteiger partial charge in [-0.3, -0.25) is 9.69 Å². The van der Waals surface area contributed by atoms with Crippen molar-refractivity contribution < 1.29 is 4.79 Å². The number of hydrogen-bond donors (Lipinski definition) is 1. The van der Waals surface area contributed by atoms with Gasteiger partial charge < -0.3 is 5.32 Å². The van der Waals surface area contributed by atoms with Crippen LogP contribution in [0.4, 0.5) is 5.69 Å². The van der Waals surface area contributed by atoms with Gasteiger partial charge >= 0.3 is 0 Å². The highest BCUT2D eigenvalue weighted by Crippen LogP contribution is 2.22. The number of anilines is 1. The molecule has 0 fully saturated rings. The molecular weight excluding hydrogens is 304 g/mol. The Balaban J connectivity index is 1.92. The van der Waals surface area contributed by atoms with Crippen molar-refractivity contribution in [1.82, 2.24) is 4.90 Å². The van der Waals surface area contributed by atoms with Gasteiger partial charge in [-0.15, -0.1) is 17.9 Å². The Hall–Kier alpha value is -1.62. The summed E-state index contributed by atoms with van der Waals surface area (Å²) in [5.74, 6) is -0.0364. The van der Waals surface area contributed by atoms with Gasteiger partial charge in [0.25, 0.3) is 0 Å². The summed E-state index contributed by atoms with van der Waals surface area (Å²) in [6, 6.07) is 13.3. The molecule has 0 saturated carbocycles. The summed E-state index contributed by atoms with van der Waals surface area (Å²) in [6.07, 6.45) is 1.80. The summed E-state index contributed by atoms with van der Waals surface area (Å²) < 4.78 is 0.761. The van der Waals surface area contributed by atoms with Crippen molar-refractivity contribution in [3.8, 4) is 0 Å². The maximum Gasteiger partial charge on any atom is 0.238 e. The molecule has 0 spiro atoms. The summed E-state index contributed by atoms with van der Waals surface area (Å²) in [4.78, 5) is 15.2. The van der Waals surface area contributed by atoms with E-state index in [2.05, 4.69) is 11.9 Å². The molecule has 5 heteroatoms. The van der Waals surface area contributed by atoms with Crippen LogP contribution in [0.3, 0.4) is 0 Å². The van der Waals surface area contributed by atoms with Crippen LogP contribution < -0.4 is 5.32 Å². The van der Waals surface area contributed by atoms with E-state index >= 15 is 0 Å². The highest BCUT2D eigenvalue weighted by atomic mass is 35.5. The van der Waals surface area contributed by atoms with E-state index in [4.69, 9.17) is 11.6 Å². The van der Waals surface area contributed by atoms with Crippen LogP contribution in [0.2, 0.25) is 4.34 Å². The molecule has 110 valence electrons. The predicted molar refractivity (Wildman–Crippen MR) is 89.9 cm³/mol. The first-order valence-electron chi connectivity index (χ1n) is 6.60. The summed E-state index contributed by atoms with van der Waals surface area (Å²) in [6.45, 7) is 5.40. The van der Waals surface area contributed by atoms with Crippen molar-refractivity contribution in [2.24, 2.45) is 0 Å². The number of carbonyl (C=O) groups excluding carboxylic acids is 1. The van der Waals surface area contributed by atoms with Crippen LogP contribution in [0.25, 0.3) is 0 Å². The first kappa shape index (κ1) is 15.8. The topological polar surface area (TPSA) is 32.3 Å². The first-order valence-corrected chi connectivity index (χ1v) is 7.79. The van der Waals surface area contributed by atoms with E-state index in [1.807, 2.05) is 47.4 Å². The van der Waals surface area contributed by atoms with Gasteiger partial charge in [0.05, 0.1) is 10.9 Å². The van der Waals surface area contributed by atoms with Gasteiger partial charge in [0.2, 0.25) is 5.91 Å². The van der Waals surface area contributed by atoms with Crippen molar-refractivity contribution in [3.63, 3.8) is 0 Å². The van der Waals surface area contributed by atoms with Gasteiger partial charge in [0.1, 0.15) is 0 Å². The standard InChI is InChI=1S/C16H17ClN2OS/c1-2-10-19(11-14-8-9-15(17)21-14)12-16(20)18-13-6-4-3-5-7-13/h2-9H,1,10-12H2,(H,18,20). The third-order valence-corrected chi connectivity index (χ3v) is 4.04. The highest BCUT2D eigenvalue weighted by Gasteiger charge is 2.11. The number of nitrogens with zero attached hydrogens (tertiary/aromatic N) is 1. The SMILES string of the molecule is C=CCN(CC(=O)Nc1ccccc1)Cc1ccc(Cl)s1. The van der Waals surface area contributed by atoms with Crippen LogP contribution in [0.1, 0.15) is 4.88 Å². The van der Waals surface area contributed by atoms with E-state index in [9.17, 15) is 4.79 Å². The average molecular weight is 321 g/mol. The maximum atomic E-state index is 12.1. The molecule has 0 aliphatic heterocycles. The lowest BCUT2D eigenvalue weighted by Gasteiger charge is -2.19. The molecule has 21 heavy (non-hydrogen) atoms. The van der Waals surface area contributed by atoms with Gasteiger partial charge in [-0.1, -0.05) is 35.9 Å². The molecule has 0 radical (unpaired) electrons. The second-order valence-electron chi connectivity index (χ2n) is 4.58. The van der Waals surface area contributed by atoms with E-state index in [0.29, 0.717) is 19.6 Å². The molecule has 0 unspecified atom stereocenters. The van der Waals surface area contributed by atoms with Crippen molar-refractivity contribution in [3.05, 3.63) is 64.3 Å². The zero-order valence-electron chi connectivity index (χ0n) is 11.6. The maximum absolute atomic E-state index is 12.1. The van der Waals surface area contributed by atoms with E-state index in [-0.39, 0.29) is 5.91 Å². The Morgan fingerprint density at radius 3 is 2.67 bits per heavy atom. The third kappa shape index (κ3) is 5.34. The smallest absolute Gasteiger partial charge is 0.238 e. The predicted octanol–water partition coefficient (Wildman–Crippen LogP) is 4.03. The van der Waals surface area contributed by atoms with Gasteiger partial charge in [0.15, 0.2) is 0 Å². The Morgan fingerprint density at radius 1 is 1.29 bits per heavy atom. The molecule has 1 amide bonds. The van der Waals surface area contributed by atoms with Crippen LogP contribution in [0.5, 0.6) is 0 Å². The van der Waals surface area contributed by atoms with Crippen molar-refractivity contribution in [2.75, 3.05) is 18.4 Å². The monoisotopic (exact) mass is 320 g/mol. The van der Waals surface area contributed by atoms with Gasteiger partial charge in [-0.2, -0.15) is 0 Å². The summed E-state index contributed by atoms with van der Waals surface area (Å²) in [5, 5.41) is 2.88. The molecule has 3 nitrogen and oxygen atoms in total. The van der Waals surface area contributed by atoms with Crippen LogP contribution in [-0.2, 0) is 11.3 Å². The lowest BCUT2D eigenvalue weighted by Crippen LogP contribution is -2.32. The quantitative estimate of drug-likeness (QED) is 0.781. The Morgan fingerprint density at radius 2 is 2.05 bits per heavy atom. The second kappa shape index (κ2) is 7.98. The van der Waals surface area contributed by atoms with Gasteiger partial charge in [-0.25, -0.2) is 0 Å². The zero-order chi connectivity index (χ0) is 15.1. The van der Waals surface area contributed by atoms with Crippen LogP contribution in [0.15, 0.2) is 55.1 Å². The van der Waals surface area contributed by atoms with E-state index in [0.717, 1.165) is 14.9 Å². The minimum Gasteiger partial charge on any atom is -0.325 e. The number of para-hydroxylation sites is 1. The second-order valence-corrected chi connectivity index (χ2v) is 6.38. The molecule has 0 saturated heterocycles. The molecule has 2 rings (SSSR count). The highest BCUT2D eigenvalue weighted by molar-refractivity contribution is 7.16. The first-order chi connectivity index (χ1) is 10.2. The molecule has 1 N–H and O–H groups in total. The fourth-order valence-corrected chi connectivity index (χ4v) is 3.08. The normalized spacial score (nSPS) is 10.6. The van der Waals surface area contributed by atoms with Gasteiger partial charge in [0, 0.05) is 23.7 Å². The largest absolute Gasteiger partial charge is 0.325 e. The molecule has 0 aliphatic carbocycles. The van der Waals surface area contributed by atoms with Crippen molar-refractivity contribution in [1.29, 1.82) is 0 Å². The number of benzene rings is 1. The lowest BCUT2D eigenvalue weighted by atomic mass is 10.3. The minimum atomic E-state index is -0.0364. The number of halogens is 1. The zero-order valence-corrected chi connectivity index (χ0v) is 13.2. The number of thiophene rings is 1. The Labute approximate surface area is 133 Å². The lowest BCUT2D eigenvalue weighted by molar-refractivity contribution is -0.117. The number of nitrogens with one attached hydrogen (secondary N) is 1. The molecule has 1 aromatic carbocycles. The molecule has 1 aromatic heterocycles. The Kier molecular flexibility index (Phi) is 5.99. The van der Waals surface area contributed by atoms with Crippen LogP contribution in [0, 0.1) is 0 Å². The van der Waals surface area contributed by atoms with E-state index in [1.165, 1.54) is 11.3 Å². The minimum absolute atomic E-state index is 0.0364. The summed E-state index contributed by atoms with van der Waals surface area (Å²) in [7, 11) is 0.